The molecule has 1 aliphatic carbocycles. The zero-order valence-electron chi connectivity index (χ0n) is 37.7. The molecule has 0 spiro atoms. The molecular weight excluding hydrogens is 859 g/mol. The van der Waals surface area contributed by atoms with Crippen molar-refractivity contribution >= 4 is 116 Å². The van der Waals surface area contributed by atoms with Gasteiger partial charge in [-0.05, 0) is 139 Å². The SMILES string of the molecule is C1=C(c2ccc3oc4cc(C5=NC(c6cccc(-c7ccc8c9ccccc9c9ccccc9c8c7)c6)=NCC(c6ccc7oc8ccccc8c7c6)=N5)ccc4c3c2)CCc2oc3ccccc3c21. The highest BCUT2D eigenvalue weighted by Gasteiger charge is 2.22. The van der Waals surface area contributed by atoms with Crippen LogP contribution in [0.15, 0.2) is 222 Å². The first kappa shape index (κ1) is 38.9. The molecule has 3 aromatic heterocycles. The number of para-hydroxylation sites is 2. The molecule has 6 heteroatoms. The van der Waals surface area contributed by atoms with Crippen LogP contribution in [0.3, 0.4) is 0 Å². The molecule has 10 aromatic carbocycles. The number of allylic oxidation sites excluding steroid dienone is 1. The Kier molecular flexibility index (Phi) is 8.45. The predicted octanol–water partition coefficient (Wildman–Crippen LogP) is 16.5. The first-order valence-electron chi connectivity index (χ1n) is 23.9. The zero-order chi connectivity index (χ0) is 45.9. The summed E-state index contributed by atoms with van der Waals surface area (Å²) < 4.78 is 19.1. The molecule has 0 saturated carbocycles. The van der Waals surface area contributed by atoms with E-state index in [1.54, 1.807) is 0 Å². The van der Waals surface area contributed by atoms with Crippen LogP contribution in [0, 0.1) is 0 Å². The highest BCUT2D eigenvalue weighted by molar-refractivity contribution is 6.26. The van der Waals surface area contributed by atoms with E-state index in [1.807, 2.05) is 36.4 Å². The van der Waals surface area contributed by atoms with Crippen LogP contribution in [0.4, 0.5) is 0 Å². The van der Waals surface area contributed by atoms with Gasteiger partial charge < -0.3 is 13.3 Å². The monoisotopic (exact) mass is 897 g/mol. The fraction of sp³-hybridized carbons (Fsp3) is 0.0469. The van der Waals surface area contributed by atoms with Gasteiger partial charge >= 0.3 is 0 Å². The van der Waals surface area contributed by atoms with Crippen LogP contribution in [-0.4, -0.2) is 23.9 Å². The predicted molar refractivity (Wildman–Crippen MR) is 289 cm³/mol. The quantitative estimate of drug-likeness (QED) is 0.162. The summed E-state index contributed by atoms with van der Waals surface area (Å²) in [7, 11) is 0. The Labute approximate surface area is 400 Å². The molecule has 0 saturated heterocycles. The Morgan fingerprint density at radius 2 is 0.843 bits per heavy atom. The van der Waals surface area contributed by atoms with E-state index in [0.717, 1.165) is 107 Å². The second kappa shape index (κ2) is 15.2. The Hall–Kier alpha value is -9.13. The zero-order valence-corrected chi connectivity index (χ0v) is 37.7. The number of aryl methyl sites for hydroxylation is 1. The van der Waals surface area contributed by atoms with E-state index in [-0.39, 0.29) is 0 Å². The molecule has 0 unspecified atom stereocenters. The van der Waals surface area contributed by atoms with Gasteiger partial charge in [-0.25, -0.2) is 9.98 Å². The fourth-order valence-electron chi connectivity index (χ4n) is 11.0. The van der Waals surface area contributed by atoms with Crippen LogP contribution in [0.2, 0.25) is 0 Å². The number of hydrogen-bond donors (Lipinski definition) is 0. The summed E-state index contributed by atoms with van der Waals surface area (Å²) in [4.78, 5) is 15.9. The summed E-state index contributed by atoms with van der Waals surface area (Å²) in [5.74, 6) is 2.24. The summed E-state index contributed by atoms with van der Waals surface area (Å²) in [6, 6.07) is 68.5. The van der Waals surface area contributed by atoms with Gasteiger partial charge in [-0.2, -0.15) is 0 Å². The van der Waals surface area contributed by atoms with E-state index in [0.29, 0.717) is 18.2 Å². The Morgan fingerprint density at radius 1 is 0.314 bits per heavy atom. The third-order valence-electron chi connectivity index (χ3n) is 14.5. The van der Waals surface area contributed by atoms with Crippen molar-refractivity contribution in [2.45, 2.75) is 12.8 Å². The first-order chi connectivity index (χ1) is 34.6. The molecule has 328 valence electrons. The number of benzene rings is 10. The molecule has 0 radical (unpaired) electrons. The summed E-state index contributed by atoms with van der Waals surface area (Å²) in [5.41, 5.74) is 13.7. The van der Waals surface area contributed by atoms with Gasteiger partial charge in [-0.15, -0.1) is 0 Å². The average molecular weight is 898 g/mol. The summed E-state index contributed by atoms with van der Waals surface area (Å²) in [5, 5.41) is 12.9. The number of nitrogens with zero attached hydrogens (tertiary/aromatic N) is 3. The molecule has 1 aliphatic heterocycles. The van der Waals surface area contributed by atoms with E-state index < -0.39 is 0 Å². The van der Waals surface area contributed by atoms with Gasteiger partial charge in [-0.3, -0.25) is 4.99 Å². The maximum absolute atomic E-state index is 6.63. The van der Waals surface area contributed by atoms with Gasteiger partial charge in [0.2, 0.25) is 0 Å². The number of aliphatic imine (C=N–C) groups is 3. The van der Waals surface area contributed by atoms with Gasteiger partial charge in [0, 0.05) is 50.0 Å². The van der Waals surface area contributed by atoms with Gasteiger partial charge in [0.1, 0.15) is 33.7 Å². The molecule has 70 heavy (non-hydrogen) atoms. The lowest BCUT2D eigenvalue weighted by Crippen LogP contribution is -2.08. The van der Waals surface area contributed by atoms with E-state index in [1.165, 1.54) is 49.0 Å². The Bertz CT molecular complexity index is 4480. The molecule has 0 fully saturated rings. The van der Waals surface area contributed by atoms with Crippen LogP contribution >= 0.6 is 0 Å². The topological polar surface area (TPSA) is 76.5 Å². The van der Waals surface area contributed by atoms with Crippen molar-refractivity contribution in [2.24, 2.45) is 15.0 Å². The minimum atomic E-state index is 0.338. The Balaban J connectivity index is 0.841. The Morgan fingerprint density at radius 3 is 1.63 bits per heavy atom. The van der Waals surface area contributed by atoms with E-state index in [9.17, 15) is 0 Å². The van der Waals surface area contributed by atoms with Crippen molar-refractivity contribution < 1.29 is 13.3 Å². The van der Waals surface area contributed by atoms with Crippen LogP contribution in [0.1, 0.15) is 40.0 Å². The van der Waals surface area contributed by atoms with Crippen LogP contribution in [-0.2, 0) is 6.42 Å². The van der Waals surface area contributed by atoms with Crippen molar-refractivity contribution in [3.8, 4) is 11.1 Å². The van der Waals surface area contributed by atoms with Crippen molar-refractivity contribution in [1.29, 1.82) is 0 Å². The molecule has 0 atom stereocenters. The molecule has 13 aromatic rings. The van der Waals surface area contributed by atoms with Crippen molar-refractivity contribution in [3.05, 3.63) is 228 Å². The molecule has 0 N–H and O–H groups in total. The van der Waals surface area contributed by atoms with Crippen molar-refractivity contribution in [1.82, 2.24) is 0 Å². The van der Waals surface area contributed by atoms with Crippen molar-refractivity contribution in [3.63, 3.8) is 0 Å². The smallest absolute Gasteiger partial charge is 0.162 e. The van der Waals surface area contributed by atoms with E-state index in [2.05, 4.69) is 164 Å². The number of furan rings is 3. The maximum Gasteiger partial charge on any atom is 0.162 e. The lowest BCUT2D eigenvalue weighted by Gasteiger charge is -2.13. The van der Waals surface area contributed by atoms with E-state index in [4.69, 9.17) is 28.2 Å². The van der Waals surface area contributed by atoms with Crippen molar-refractivity contribution in [2.75, 3.05) is 6.54 Å². The first-order valence-corrected chi connectivity index (χ1v) is 23.9. The fourth-order valence-corrected chi connectivity index (χ4v) is 11.0. The highest BCUT2D eigenvalue weighted by Crippen LogP contribution is 2.40. The largest absolute Gasteiger partial charge is 0.460 e. The summed E-state index contributed by atoms with van der Waals surface area (Å²) >= 11 is 0. The average Bonchev–Trinajstić information content (AvgIpc) is 4.05. The molecular formula is C64H39N3O3. The number of rotatable bonds is 5. The van der Waals surface area contributed by atoms with E-state index >= 15 is 0 Å². The second-order valence-corrected chi connectivity index (χ2v) is 18.5. The van der Waals surface area contributed by atoms with Gasteiger partial charge in [0.05, 0.1) is 12.3 Å². The van der Waals surface area contributed by atoms with Crippen LogP contribution < -0.4 is 0 Å². The third-order valence-corrected chi connectivity index (χ3v) is 14.5. The third kappa shape index (κ3) is 6.16. The molecule has 0 amide bonds. The number of fused-ring (bicyclic) bond motifs is 15. The van der Waals surface area contributed by atoms with Gasteiger partial charge in [0.25, 0.3) is 0 Å². The summed E-state index contributed by atoms with van der Waals surface area (Å²) in [6.45, 7) is 0.338. The number of hydrogen-bond acceptors (Lipinski definition) is 6. The minimum Gasteiger partial charge on any atom is -0.460 e. The maximum atomic E-state index is 6.63. The van der Waals surface area contributed by atoms with Crippen LogP contribution in [0.5, 0.6) is 0 Å². The summed E-state index contributed by atoms with van der Waals surface area (Å²) in [6.07, 6.45) is 4.08. The van der Waals surface area contributed by atoms with Crippen LogP contribution in [0.25, 0.3) is 110 Å². The molecule has 2 aliphatic rings. The van der Waals surface area contributed by atoms with Gasteiger partial charge in [0.15, 0.2) is 11.7 Å². The van der Waals surface area contributed by atoms with Gasteiger partial charge in [-0.1, -0.05) is 127 Å². The lowest BCUT2D eigenvalue weighted by molar-refractivity contribution is 0.548. The lowest BCUT2D eigenvalue weighted by atomic mass is 9.91. The number of amidine groups is 2. The molecule has 6 nitrogen and oxygen atoms in total. The molecule has 15 rings (SSSR count). The molecule has 0 bridgehead atoms. The minimum absolute atomic E-state index is 0.338. The highest BCUT2D eigenvalue weighted by atomic mass is 16.3. The standard InChI is InChI=1S/C64H39N3O3/c1-2-14-46-44(12-1)45-13-3-4-15-47(45)52-31-38(20-25-48(46)52)37-10-9-11-42(30-37)63-65-36-56(41-24-29-60-55(34-41)50-17-6-8-19-58(50)69-60)66-64(67-63)43-21-26-51-54-33-40(23-28-61(54)70-62(51)35-43)39-22-27-59-53(32-39)49-16-5-7-18-57(49)68-59/h1-21,23-26,28-35H,22,27,36H2. The normalized spacial score (nSPS) is 14.2. The second-order valence-electron chi connectivity index (χ2n) is 18.5. The molecule has 4 heterocycles.